The van der Waals surface area contributed by atoms with Crippen LogP contribution in [0, 0.1) is 0 Å². The quantitative estimate of drug-likeness (QED) is 0.261. The van der Waals surface area contributed by atoms with Crippen LogP contribution in [0.4, 0.5) is 0 Å². The molecule has 0 radical (unpaired) electrons. The largest absolute Gasteiger partial charge is 0.274 e. The number of aliphatic imine (C=N–C) groups is 1. The first-order valence-electron chi connectivity index (χ1n) is 12.2. The molecule has 4 N–H and O–H groups in total. The summed E-state index contributed by atoms with van der Waals surface area (Å²) in [5.74, 6) is -0.271. The lowest BCUT2D eigenvalue weighted by atomic mass is 9.91. The van der Waals surface area contributed by atoms with Crippen molar-refractivity contribution < 1.29 is 16.8 Å². The van der Waals surface area contributed by atoms with Crippen molar-refractivity contribution >= 4 is 55.1 Å². The average Bonchev–Trinajstić information content (AvgIpc) is 3.51. The molecule has 0 aromatic heterocycles. The molecule has 0 saturated heterocycles. The Morgan fingerprint density at radius 1 is 0.950 bits per heavy atom. The Morgan fingerprint density at radius 2 is 1.55 bits per heavy atom. The Bertz CT molecular complexity index is 1660. The van der Waals surface area contributed by atoms with E-state index in [1.54, 1.807) is 12.1 Å². The van der Waals surface area contributed by atoms with Gasteiger partial charge >= 0.3 is 0 Å². The molecule has 5 rings (SSSR count). The van der Waals surface area contributed by atoms with E-state index >= 15 is 0 Å². The molecule has 1 aliphatic heterocycles. The van der Waals surface area contributed by atoms with E-state index in [0.717, 1.165) is 11.1 Å². The number of hydrogen-bond donors (Lipinski definition) is 3. The Kier molecular flexibility index (Phi) is 7.92. The topological polar surface area (TPSA) is 146 Å². The van der Waals surface area contributed by atoms with Crippen molar-refractivity contribution in [3.63, 3.8) is 0 Å². The van der Waals surface area contributed by atoms with Crippen LogP contribution in [0.2, 0.25) is 10.0 Å². The molecule has 0 spiro atoms. The Hall–Kier alpha value is -3.00. The molecule has 0 amide bonds. The highest BCUT2D eigenvalue weighted by Gasteiger charge is 2.45. The van der Waals surface area contributed by atoms with Gasteiger partial charge in [0.15, 0.2) is 0 Å². The van der Waals surface area contributed by atoms with Gasteiger partial charge in [-0.25, -0.2) is 28.3 Å². The maximum absolute atomic E-state index is 13.4. The van der Waals surface area contributed by atoms with Crippen molar-refractivity contribution in [2.75, 3.05) is 13.1 Å². The van der Waals surface area contributed by atoms with Crippen molar-refractivity contribution in [2.45, 2.75) is 29.2 Å². The molecule has 1 heterocycles. The van der Waals surface area contributed by atoms with E-state index < -0.39 is 25.8 Å². The number of halogens is 2. The molecule has 40 heavy (non-hydrogen) atoms. The highest BCUT2D eigenvalue weighted by Crippen LogP contribution is 2.36. The normalized spacial score (nSPS) is 18.9. The lowest BCUT2D eigenvalue weighted by Crippen LogP contribution is -2.45. The van der Waals surface area contributed by atoms with Crippen LogP contribution in [-0.2, 0) is 20.2 Å². The van der Waals surface area contributed by atoms with Crippen molar-refractivity contribution in [1.29, 1.82) is 0 Å². The van der Waals surface area contributed by atoms with Gasteiger partial charge in [-0.3, -0.25) is 0 Å². The molecule has 210 valence electrons. The highest BCUT2D eigenvalue weighted by atomic mass is 35.5. The lowest BCUT2D eigenvalue weighted by Gasteiger charge is -2.21. The maximum atomic E-state index is 13.4. The first kappa shape index (κ1) is 28.5. The summed E-state index contributed by atoms with van der Waals surface area (Å²) in [5, 5.41) is 12.5. The van der Waals surface area contributed by atoms with Gasteiger partial charge in [0.2, 0.25) is 5.96 Å². The standard InChI is InChI=1S/C26H26Cl2N6O4S2/c27-20-8-6-19(7-9-20)24-23(18-4-2-1-3-5-18)16-34(31-24)25(30-17-26(14-15-26)33-40(29,37)38)32-39(35,36)22-12-10-21(28)11-13-22/h1-13,23,33H,14-17H2,(H,30,32)(H2,29,37,38)/t23-/m1/s1. The number of nitrogens with one attached hydrogen (secondary N) is 2. The van der Waals surface area contributed by atoms with Gasteiger partial charge < -0.3 is 0 Å². The maximum Gasteiger partial charge on any atom is 0.274 e. The Labute approximate surface area is 243 Å². The summed E-state index contributed by atoms with van der Waals surface area (Å²) in [4.78, 5) is 4.52. The molecular formula is C26H26Cl2N6O4S2. The fraction of sp³-hybridized carbons (Fsp3) is 0.231. The van der Waals surface area contributed by atoms with Gasteiger partial charge in [-0.15, -0.1) is 0 Å². The van der Waals surface area contributed by atoms with E-state index in [0.29, 0.717) is 28.6 Å². The van der Waals surface area contributed by atoms with Crippen molar-refractivity contribution in [1.82, 2.24) is 14.5 Å². The molecule has 1 aliphatic carbocycles. The Morgan fingerprint density at radius 3 is 2.12 bits per heavy atom. The van der Waals surface area contributed by atoms with Gasteiger partial charge in [-0.2, -0.15) is 18.2 Å². The van der Waals surface area contributed by atoms with Crippen LogP contribution < -0.4 is 14.6 Å². The second kappa shape index (κ2) is 11.1. The summed E-state index contributed by atoms with van der Waals surface area (Å²) in [7, 11) is -8.08. The minimum Gasteiger partial charge on any atom is -0.249 e. The number of nitrogens with two attached hydrogens (primary N) is 1. The molecule has 3 aromatic carbocycles. The van der Waals surface area contributed by atoms with E-state index in [9.17, 15) is 16.8 Å². The van der Waals surface area contributed by atoms with Gasteiger partial charge in [0.25, 0.3) is 20.2 Å². The zero-order valence-electron chi connectivity index (χ0n) is 21.0. The summed E-state index contributed by atoms with van der Waals surface area (Å²) in [6, 6.07) is 22.6. The lowest BCUT2D eigenvalue weighted by molar-refractivity contribution is 0.457. The van der Waals surface area contributed by atoms with Gasteiger partial charge in [0.1, 0.15) is 0 Å². The van der Waals surface area contributed by atoms with Gasteiger partial charge in [0.05, 0.1) is 29.2 Å². The van der Waals surface area contributed by atoms with Crippen LogP contribution >= 0.6 is 23.2 Å². The number of rotatable bonds is 8. The number of benzene rings is 3. The number of hydrazone groups is 1. The number of nitrogens with zero attached hydrogens (tertiary/aromatic N) is 3. The van der Waals surface area contributed by atoms with Gasteiger partial charge in [0, 0.05) is 16.0 Å². The summed E-state index contributed by atoms with van der Waals surface area (Å²) in [6.45, 7) is 0.236. The van der Waals surface area contributed by atoms with Crippen LogP contribution in [0.1, 0.15) is 29.9 Å². The molecule has 0 bridgehead atoms. The first-order chi connectivity index (χ1) is 18.9. The molecule has 14 heteroatoms. The Balaban J connectivity index is 1.54. The third-order valence-electron chi connectivity index (χ3n) is 6.59. The number of guanidine groups is 1. The zero-order chi connectivity index (χ0) is 28.5. The third-order valence-corrected chi connectivity index (χ3v) is 9.16. The number of hydrogen-bond acceptors (Lipinski definition) is 6. The van der Waals surface area contributed by atoms with E-state index in [2.05, 4.69) is 14.4 Å². The molecule has 2 aliphatic rings. The van der Waals surface area contributed by atoms with Crippen LogP contribution in [0.15, 0.2) is 93.9 Å². The molecule has 1 fully saturated rings. The van der Waals surface area contributed by atoms with Crippen LogP contribution in [0.3, 0.4) is 0 Å². The molecule has 3 aromatic rings. The van der Waals surface area contributed by atoms with Crippen LogP contribution in [-0.4, -0.2) is 52.1 Å². The second-order valence-corrected chi connectivity index (χ2v) is 13.5. The van der Waals surface area contributed by atoms with Crippen molar-refractivity contribution in [3.05, 3.63) is 100 Å². The highest BCUT2D eigenvalue weighted by molar-refractivity contribution is 7.90. The summed E-state index contributed by atoms with van der Waals surface area (Å²) in [6.07, 6.45) is 1.02. The number of sulfonamides is 1. The predicted octanol–water partition coefficient (Wildman–Crippen LogP) is 3.46. The first-order valence-corrected chi connectivity index (χ1v) is 16.0. The summed E-state index contributed by atoms with van der Waals surface area (Å²) in [5.41, 5.74) is 1.61. The van der Waals surface area contributed by atoms with Crippen LogP contribution in [0.25, 0.3) is 0 Å². The second-order valence-electron chi connectivity index (χ2n) is 9.66. The predicted molar refractivity (Wildman–Crippen MR) is 156 cm³/mol. The smallest absolute Gasteiger partial charge is 0.249 e. The molecule has 0 unspecified atom stereocenters. The van der Waals surface area contributed by atoms with Crippen molar-refractivity contribution in [2.24, 2.45) is 15.2 Å². The zero-order valence-corrected chi connectivity index (χ0v) is 24.2. The summed E-state index contributed by atoms with van der Waals surface area (Å²) < 4.78 is 55.1. The summed E-state index contributed by atoms with van der Waals surface area (Å²) >= 11 is 12.1. The van der Waals surface area contributed by atoms with Gasteiger partial charge in [-0.05, 0) is 60.4 Å². The van der Waals surface area contributed by atoms with E-state index in [4.69, 9.17) is 33.4 Å². The SMILES string of the molecule is NS(=O)(=O)NC1(CN=C(NS(=O)(=O)c2ccc(Cl)cc2)N2C[C@H](c3ccccc3)C(c3ccc(Cl)cc3)=N2)CC1. The van der Waals surface area contributed by atoms with Crippen molar-refractivity contribution in [3.8, 4) is 0 Å². The molecule has 1 saturated carbocycles. The monoisotopic (exact) mass is 620 g/mol. The van der Waals surface area contributed by atoms with E-state index in [-0.39, 0.29) is 29.9 Å². The minimum atomic E-state index is -4.10. The van der Waals surface area contributed by atoms with Gasteiger partial charge in [-0.1, -0.05) is 65.7 Å². The fourth-order valence-corrected chi connectivity index (χ4v) is 6.54. The van der Waals surface area contributed by atoms with Crippen LogP contribution in [0.5, 0.6) is 0 Å². The van der Waals surface area contributed by atoms with E-state index in [1.165, 1.54) is 29.3 Å². The molecular weight excluding hydrogens is 595 g/mol. The fourth-order valence-electron chi connectivity index (χ4n) is 4.39. The molecule has 1 atom stereocenters. The average molecular weight is 622 g/mol. The van der Waals surface area contributed by atoms with E-state index in [1.807, 2.05) is 42.5 Å². The molecule has 10 nitrogen and oxygen atoms in total. The third kappa shape index (κ3) is 6.82. The minimum absolute atomic E-state index is 0.0193.